The van der Waals surface area contributed by atoms with Crippen LogP contribution in [0.25, 0.3) is 16.7 Å². The summed E-state index contributed by atoms with van der Waals surface area (Å²) < 4.78 is 8.31. The van der Waals surface area contributed by atoms with Gasteiger partial charge in [-0.2, -0.15) is 5.26 Å². The molecule has 3 rings (SSSR count). The Kier molecular flexibility index (Phi) is 2.99. The van der Waals surface area contributed by atoms with Crippen LogP contribution >= 0.6 is 0 Å². The van der Waals surface area contributed by atoms with E-state index in [9.17, 15) is 10.1 Å². The average Bonchev–Trinajstić information content (AvgIpc) is 2.78. The van der Waals surface area contributed by atoms with Crippen molar-refractivity contribution in [1.29, 1.82) is 5.26 Å². The topological polar surface area (TPSA) is 59.9 Å². The van der Waals surface area contributed by atoms with Gasteiger partial charge < -0.3 is 4.74 Å². The second-order valence-electron chi connectivity index (χ2n) is 4.66. The van der Waals surface area contributed by atoms with Gasteiger partial charge in [0.05, 0.1) is 29.4 Å². The van der Waals surface area contributed by atoms with E-state index in [0.29, 0.717) is 17.0 Å². The van der Waals surface area contributed by atoms with Crippen molar-refractivity contribution in [3.63, 3.8) is 0 Å². The van der Waals surface area contributed by atoms with E-state index in [2.05, 4.69) is 6.07 Å². The monoisotopic (exact) mass is 279 g/mol. The number of nitriles is 1. The molecule has 0 saturated carbocycles. The first kappa shape index (κ1) is 13.0. The van der Waals surface area contributed by atoms with Crippen molar-refractivity contribution >= 4 is 11.0 Å². The fourth-order valence-corrected chi connectivity index (χ4v) is 2.44. The molecule has 1 aromatic heterocycles. The van der Waals surface area contributed by atoms with E-state index in [1.165, 1.54) is 4.57 Å². The van der Waals surface area contributed by atoms with Gasteiger partial charge in [0.1, 0.15) is 11.8 Å². The van der Waals surface area contributed by atoms with Crippen LogP contribution in [0.5, 0.6) is 5.75 Å². The third-order valence-electron chi connectivity index (χ3n) is 3.53. The number of hydrogen-bond donors (Lipinski definition) is 0. The molecule has 0 aliphatic rings. The summed E-state index contributed by atoms with van der Waals surface area (Å²) >= 11 is 0. The predicted octanol–water partition coefficient (Wildman–Crippen LogP) is 2.21. The lowest BCUT2D eigenvalue weighted by Gasteiger charge is -2.08. The number of aromatic nitrogens is 2. The highest BCUT2D eigenvalue weighted by Gasteiger charge is 2.15. The van der Waals surface area contributed by atoms with Gasteiger partial charge in [-0.1, -0.05) is 12.1 Å². The number of para-hydroxylation sites is 2. The maximum absolute atomic E-state index is 12.5. The molecule has 2 aromatic carbocycles. The van der Waals surface area contributed by atoms with Crippen LogP contribution in [-0.4, -0.2) is 16.2 Å². The van der Waals surface area contributed by atoms with E-state index in [1.807, 2.05) is 24.3 Å². The van der Waals surface area contributed by atoms with E-state index < -0.39 is 0 Å². The summed E-state index contributed by atoms with van der Waals surface area (Å²) in [6.07, 6.45) is 0. The first-order valence-corrected chi connectivity index (χ1v) is 6.42. The molecular weight excluding hydrogens is 266 g/mol. The molecule has 0 atom stereocenters. The number of nitrogens with zero attached hydrogens (tertiary/aromatic N) is 3. The van der Waals surface area contributed by atoms with Crippen LogP contribution in [0, 0.1) is 11.3 Å². The lowest BCUT2D eigenvalue weighted by atomic mass is 10.1. The molecule has 0 N–H and O–H groups in total. The molecule has 5 heteroatoms. The van der Waals surface area contributed by atoms with Crippen LogP contribution in [0.1, 0.15) is 5.56 Å². The maximum atomic E-state index is 12.5. The Labute approximate surface area is 121 Å². The molecule has 5 nitrogen and oxygen atoms in total. The van der Waals surface area contributed by atoms with Crippen molar-refractivity contribution in [2.45, 2.75) is 0 Å². The van der Waals surface area contributed by atoms with Gasteiger partial charge in [-0.05, 0) is 24.3 Å². The highest BCUT2D eigenvalue weighted by molar-refractivity contribution is 5.78. The standard InChI is InChI=1S/C16H13N3O2/c1-18-13-5-3-4-6-14(13)19(16(18)20)15-9-12(21-2)8-7-11(15)10-17/h3-9H,1-2H3. The van der Waals surface area contributed by atoms with Gasteiger partial charge in [0, 0.05) is 13.1 Å². The Balaban J connectivity index is 2.44. The molecule has 0 amide bonds. The van der Waals surface area contributed by atoms with E-state index >= 15 is 0 Å². The molecule has 0 bridgehead atoms. The van der Waals surface area contributed by atoms with E-state index in [0.717, 1.165) is 11.0 Å². The fourth-order valence-electron chi connectivity index (χ4n) is 2.44. The minimum absolute atomic E-state index is 0.194. The summed E-state index contributed by atoms with van der Waals surface area (Å²) in [6.45, 7) is 0. The molecule has 21 heavy (non-hydrogen) atoms. The molecule has 0 spiro atoms. The number of imidazole rings is 1. The quantitative estimate of drug-likeness (QED) is 0.722. The number of ether oxygens (including phenoxy) is 1. The Morgan fingerprint density at radius 2 is 1.86 bits per heavy atom. The highest BCUT2D eigenvalue weighted by Crippen LogP contribution is 2.23. The van der Waals surface area contributed by atoms with E-state index in [4.69, 9.17) is 4.74 Å². The van der Waals surface area contributed by atoms with Crippen LogP contribution in [0.15, 0.2) is 47.3 Å². The molecule has 0 aliphatic heterocycles. The summed E-state index contributed by atoms with van der Waals surface area (Å²) in [6, 6.07) is 14.7. The predicted molar refractivity (Wildman–Crippen MR) is 79.8 cm³/mol. The van der Waals surface area contributed by atoms with Gasteiger partial charge >= 0.3 is 5.69 Å². The number of methoxy groups -OCH3 is 1. The number of benzene rings is 2. The molecule has 0 radical (unpaired) electrons. The highest BCUT2D eigenvalue weighted by atomic mass is 16.5. The van der Waals surface area contributed by atoms with Crippen molar-refractivity contribution < 1.29 is 4.74 Å². The fraction of sp³-hybridized carbons (Fsp3) is 0.125. The Morgan fingerprint density at radius 1 is 1.14 bits per heavy atom. The van der Waals surface area contributed by atoms with Gasteiger partial charge in [0.15, 0.2) is 0 Å². The van der Waals surface area contributed by atoms with E-state index in [-0.39, 0.29) is 5.69 Å². The van der Waals surface area contributed by atoms with Gasteiger partial charge in [0.25, 0.3) is 0 Å². The molecule has 1 heterocycles. The second-order valence-corrected chi connectivity index (χ2v) is 4.66. The summed E-state index contributed by atoms with van der Waals surface area (Å²) in [7, 11) is 3.27. The molecule has 3 aromatic rings. The normalized spacial score (nSPS) is 10.5. The second kappa shape index (κ2) is 4.84. The molecule has 0 aliphatic carbocycles. The summed E-state index contributed by atoms with van der Waals surface area (Å²) in [4.78, 5) is 12.5. The number of hydrogen-bond acceptors (Lipinski definition) is 3. The lowest BCUT2D eigenvalue weighted by molar-refractivity contribution is 0.414. The minimum atomic E-state index is -0.194. The Morgan fingerprint density at radius 3 is 2.52 bits per heavy atom. The van der Waals surface area contributed by atoms with Crippen molar-refractivity contribution in [3.8, 4) is 17.5 Å². The summed E-state index contributed by atoms with van der Waals surface area (Å²) in [5.74, 6) is 0.601. The van der Waals surface area contributed by atoms with Crippen molar-refractivity contribution in [3.05, 3.63) is 58.5 Å². The zero-order valence-electron chi connectivity index (χ0n) is 11.7. The van der Waals surface area contributed by atoms with E-state index in [1.54, 1.807) is 36.9 Å². The maximum Gasteiger partial charge on any atom is 0.333 e. The van der Waals surface area contributed by atoms with Crippen LogP contribution in [0.4, 0.5) is 0 Å². The molecular formula is C16H13N3O2. The number of rotatable bonds is 2. The van der Waals surface area contributed by atoms with Gasteiger partial charge in [0.2, 0.25) is 0 Å². The summed E-state index contributed by atoms with van der Waals surface area (Å²) in [5, 5.41) is 9.30. The van der Waals surface area contributed by atoms with Crippen molar-refractivity contribution in [2.24, 2.45) is 7.05 Å². The zero-order valence-corrected chi connectivity index (χ0v) is 11.7. The molecule has 104 valence electrons. The van der Waals surface area contributed by atoms with Crippen LogP contribution in [-0.2, 0) is 7.05 Å². The third kappa shape index (κ3) is 1.89. The molecule has 0 fully saturated rings. The number of fused-ring (bicyclic) bond motifs is 1. The first-order valence-electron chi connectivity index (χ1n) is 6.42. The van der Waals surface area contributed by atoms with Gasteiger partial charge in [-0.3, -0.25) is 9.13 Å². The third-order valence-corrected chi connectivity index (χ3v) is 3.53. The average molecular weight is 279 g/mol. The summed E-state index contributed by atoms with van der Waals surface area (Å²) in [5.41, 5.74) is 2.33. The van der Waals surface area contributed by atoms with Crippen LogP contribution < -0.4 is 10.4 Å². The van der Waals surface area contributed by atoms with Gasteiger partial charge in [-0.25, -0.2) is 4.79 Å². The minimum Gasteiger partial charge on any atom is -0.497 e. The number of aryl methyl sites for hydroxylation is 1. The van der Waals surface area contributed by atoms with Crippen LogP contribution in [0.3, 0.4) is 0 Å². The zero-order chi connectivity index (χ0) is 15.0. The SMILES string of the molecule is COc1ccc(C#N)c(-n2c(=O)n(C)c3ccccc32)c1. The molecule has 0 saturated heterocycles. The van der Waals surface area contributed by atoms with Crippen molar-refractivity contribution in [2.75, 3.05) is 7.11 Å². The molecule has 0 unspecified atom stereocenters. The first-order chi connectivity index (χ1) is 10.2. The van der Waals surface area contributed by atoms with Crippen molar-refractivity contribution in [1.82, 2.24) is 9.13 Å². The van der Waals surface area contributed by atoms with Crippen LogP contribution in [0.2, 0.25) is 0 Å². The lowest BCUT2D eigenvalue weighted by Crippen LogP contribution is -2.21. The Hall–Kier alpha value is -3.00. The van der Waals surface area contributed by atoms with Gasteiger partial charge in [-0.15, -0.1) is 0 Å². The largest absolute Gasteiger partial charge is 0.497 e. The smallest absolute Gasteiger partial charge is 0.333 e. The Bertz CT molecular complexity index is 929.